The Labute approximate surface area is 95.3 Å². The van der Waals surface area contributed by atoms with Crippen LogP contribution in [0.5, 0.6) is 17.2 Å². The third kappa shape index (κ3) is 1.56. The number of benzene rings is 1. The maximum absolute atomic E-state index is 11.7. The van der Waals surface area contributed by atoms with Crippen LogP contribution in [0.2, 0.25) is 0 Å². The van der Waals surface area contributed by atoms with Crippen LogP contribution in [0.4, 0.5) is 0 Å². The van der Waals surface area contributed by atoms with E-state index in [2.05, 4.69) is 15.9 Å². The highest BCUT2D eigenvalue weighted by Crippen LogP contribution is 2.40. The van der Waals surface area contributed by atoms with Gasteiger partial charge in [0.15, 0.2) is 0 Å². The number of hydrogen-bond acceptors (Lipinski definition) is 4. The van der Waals surface area contributed by atoms with Crippen molar-refractivity contribution in [3.8, 4) is 17.2 Å². The van der Waals surface area contributed by atoms with Crippen LogP contribution in [0.25, 0.3) is 0 Å². The van der Waals surface area contributed by atoms with Crippen molar-refractivity contribution in [1.29, 1.82) is 0 Å². The van der Waals surface area contributed by atoms with Gasteiger partial charge >= 0.3 is 0 Å². The fourth-order valence-electron chi connectivity index (χ4n) is 1.46. The molecule has 1 heterocycles. The number of carbonyl (C=O) groups excluding carboxylic acids is 1. The van der Waals surface area contributed by atoms with E-state index in [4.69, 9.17) is 14.2 Å². The average molecular weight is 273 g/mol. The molecule has 0 aromatic heterocycles. The Balaban J connectivity index is 2.58. The van der Waals surface area contributed by atoms with E-state index in [0.717, 1.165) is 0 Å². The molecule has 0 N–H and O–H groups in total. The molecular weight excluding hydrogens is 264 g/mol. The normalized spacial score (nSPS) is 18.3. The number of halogens is 1. The number of Topliss-reactive ketones (excluding diaryl/α,β-unsaturated/α-hetero) is 1. The lowest BCUT2D eigenvalue weighted by Gasteiger charge is -2.07. The van der Waals surface area contributed by atoms with Gasteiger partial charge in [0.2, 0.25) is 10.8 Å². The fourth-order valence-corrected chi connectivity index (χ4v) is 1.89. The largest absolute Gasteiger partial charge is 0.496 e. The summed E-state index contributed by atoms with van der Waals surface area (Å²) in [6.45, 7) is 0. The molecule has 2 rings (SSSR count). The summed E-state index contributed by atoms with van der Waals surface area (Å²) < 4.78 is 15.5. The number of hydrogen-bond donors (Lipinski definition) is 0. The first kappa shape index (κ1) is 10.3. The minimum atomic E-state index is -0.631. The summed E-state index contributed by atoms with van der Waals surface area (Å²) in [6.07, 6.45) is 0. The predicted molar refractivity (Wildman–Crippen MR) is 57.2 cm³/mol. The summed E-state index contributed by atoms with van der Waals surface area (Å²) in [5.41, 5.74) is 0.458. The Kier molecular flexibility index (Phi) is 2.56. The topological polar surface area (TPSA) is 44.8 Å². The highest BCUT2D eigenvalue weighted by atomic mass is 79.9. The zero-order chi connectivity index (χ0) is 11.0. The van der Waals surface area contributed by atoms with Crippen molar-refractivity contribution in [2.75, 3.05) is 14.2 Å². The molecule has 80 valence electrons. The molecular formula is C10H9BrO4. The van der Waals surface area contributed by atoms with Crippen LogP contribution in [0.15, 0.2) is 12.1 Å². The fraction of sp³-hybridized carbons (Fsp3) is 0.300. The van der Waals surface area contributed by atoms with E-state index < -0.39 is 5.01 Å². The maximum Gasteiger partial charge on any atom is 0.221 e. The van der Waals surface area contributed by atoms with Gasteiger partial charge in [-0.1, -0.05) is 0 Å². The second-order valence-electron chi connectivity index (χ2n) is 3.00. The van der Waals surface area contributed by atoms with Gasteiger partial charge in [-0.25, -0.2) is 0 Å². The van der Waals surface area contributed by atoms with E-state index in [1.807, 2.05) is 0 Å². The van der Waals surface area contributed by atoms with Crippen LogP contribution in [-0.2, 0) is 0 Å². The maximum atomic E-state index is 11.7. The molecule has 0 radical (unpaired) electrons. The van der Waals surface area contributed by atoms with E-state index in [0.29, 0.717) is 22.8 Å². The van der Waals surface area contributed by atoms with Gasteiger partial charge in [0.25, 0.3) is 0 Å². The number of rotatable bonds is 2. The SMILES string of the molecule is COc1cc(OC)c2c(c1)OC(Br)C2=O. The Morgan fingerprint density at radius 1 is 1.33 bits per heavy atom. The highest BCUT2D eigenvalue weighted by molar-refractivity contribution is 9.09. The molecule has 0 saturated carbocycles. The molecule has 0 aliphatic carbocycles. The first-order valence-corrected chi connectivity index (χ1v) is 5.20. The van der Waals surface area contributed by atoms with E-state index in [1.54, 1.807) is 19.2 Å². The van der Waals surface area contributed by atoms with Gasteiger partial charge in [-0.2, -0.15) is 0 Å². The minimum absolute atomic E-state index is 0.135. The number of ether oxygens (including phenoxy) is 3. The molecule has 1 atom stereocenters. The lowest BCUT2D eigenvalue weighted by molar-refractivity contribution is 0.0940. The number of methoxy groups -OCH3 is 2. The van der Waals surface area contributed by atoms with E-state index in [1.165, 1.54) is 7.11 Å². The van der Waals surface area contributed by atoms with E-state index in [9.17, 15) is 4.79 Å². The molecule has 4 nitrogen and oxygen atoms in total. The monoisotopic (exact) mass is 272 g/mol. The van der Waals surface area contributed by atoms with E-state index in [-0.39, 0.29) is 5.78 Å². The number of ketones is 1. The highest BCUT2D eigenvalue weighted by Gasteiger charge is 2.34. The van der Waals surface area contributed by atoms with Crippen LogP contribution in [0, 0.1) is 0 Å². The standard InChI is InChI=1S/C10H9BrO4/c1-13-5-3-6(14-2)8-7(4-5)15-10(11)9(8)12/h3-4,10H,1-2H3. The molecule has 0 saturated heterocycles. The van der Waals surface area contributed by atoms with Gasteiger partial charge in [-0.05, 0) is 15.9 Å². The molecule has 1 aromatic carbocycles. The van der Waals surface area contributed by atoms with Crippen molar-refractivity contribution in [2.45, 2.75) is 5.01 Å². The smallest absolute Gasteiger partial charge is 0.221 e. The molecule has 1 aliphatic heterocycles. The van der Waals surface area contributed by atoms with Crippen molar-refractivity contribution in [2.24, 2.45) is 0 Å². The third-order valence-corrected chi connectivity index (χ3v) is 2.78. The van der Waals surface area contributed by atoms with Crippen LogP contribution in [-0.4, -0.2) is 25.0 Å². The Bertz CT molecular complexity index is 416. The zero-order valence-electron chi connectivity index (χ0n) is 8.24. The van der Waals surface area contributed by atoms with Crippen LogP contribution in [0.3, 0.4) is 0 Å². The molecule has 0 spiro atoms. The van der Waals surface area contributed by atoms with Crippen LogP contribution >= 0.6 is 15.9 Å². The van der Waals surface area contributed by atoms with Crippen molar-refractivity contribution in [3.63, 3.8) is 0 Å². The van der Waals surface area contributed by atoms with Gasteiger partial charge < -0.3 is 14.2 Å². The summed E-state index contributed by atoms with van der Waals surface area (Å²) in [7, 11) is 3.05. The summed E-state index contributed by atoms with van der Waals surface area (Å²) in [5.74, 6) is 1.42. The Morgan fingerprint density at radius 3 is 2.67 bits per heavy atom. The molecule has 1 aromatic rings. The molecule has 1 unspecified atom stereocenters. The average Bonchev–Trinajstić information content (AvgIpc) is 2.53. The molecule has 0 bridgehead atoms. The van der Waals surface area contributed by atoms with Gasteiger partial charge in [-0.3, -0.25) is 4.79 Å². The lowest BCUT2D eigenvalue weighted by atomic mass is 10.1. The van der Waals surface area contributed by atoms with Crippen molar-refractivity contribution in [3.05, 3.63) is 17.7 Å². The summed E-state index contributed by atoms with van der Waals surface area (Å²) in [5, 5.41) is -0.631. The molecule has 1 aliphatic rings. The molecule has 5 heteroatoms. The first-order chi connectivity index (χ1) is 7.17. The Hall–Kier alpha value is -1.23. The van der Waals surface area contributed by atoms with Crippen LogP contribution in [0.1, 0.15) is 10.4 Å². The predicted octanol–water partition coefficient (Wildman–Crippen LogP) is 2.00. The second-order valence-corrected chi connectivity index (χ2v) is 3.83. The summed E-state index contributed by atoms with van der Waals surface area (Å²) >= 11 is 3.13. The molecule has 15 heavy (non-hydrogen) atoms. The Morgan fingerprint density at radius 2 is 2.07 bits per heavy atom. The molecule has 0 fully saturated rings. The quantitative estimate of drug-likeness (QED) is 0.773. The van der Waals surface area contributed by atoms with Gasteiger partial charge in [0.1, 0.15) is 22.8 Å². The minimum Gasteiger partial charge on any atom is -0.496 e. The summed E-state index contributed by atoms with van der Waals surface area (Å²) in [6, 6.07) is 3.32. The van der Waals surface area contributed by atoms with Crippen LogP contribution < -0.4 is 14.2 Å². The zero-order valence-corrected chi connectivity index (χ0v) is 9.83. The number of carbonyl (C=O) groups is 1. The second kappa shape index (κ2) is 3.73. The lowest BCUT2D eigenvalue weighted by Crippen LogP contribution is -2.11. The molecule has 0 amide bonds. The van der Waals surface area contributed by atoms with Crippen molar-refractivity contribution < 1.29 is 19.0 Å². The third-order valence-electron chi connectivity index (χ3n) is 2.18. The van der Waals surface area contributed by atoms with Crippen molar-refractivity contribution in [1.82, 2.24) is 0 Å². The van der Waals surface area contributed by atoms with Gasteiger partial charge in [0, 0.05) is 12.1 Å². The summed E-state index contributed by atoms with van der Waals surface area (Å²) in [4.78, 5) is 11.7. The first-order valence-electron chi connectivity index (χ1n) is 4.28. The number of alkyl halides is 1. The van der Waals surface area contributed by atoms with Gasteiger partial charge in [0.05, 0.1) is 14.2 Å². The number of fused-ring (bicyclic) bond motifs is 1. The van der Waals surface area contributed by atoms with Crippen molar-refractivity contribution >= 4 is 21.7 Å². The van der Waals surface area contributed by atoms with E-state index >= 15 is 0 Å². The van der Waals surface area contributed by atoms with Gasteiger partial charge in [-0.15, -0.1) is 0 Å².